The SMILES string of the molecule is COc1ccc(CNC(=O)c2n[nH]c3c2CCCC3)cc1C(=O)O. The number of carbonyl (C=O) groups excluding carboxylic acids is 1. The first-order chi connectivity index (χ1) is 11.6. The maximum absolute atomic E-state index is 12.4. The number of ether oxygens (including phenoxy) is 1. The van der Waals surface area contributed by atoms with Crippen LogP contribution in [0.3, 0.4) is 0 Å². The average molecular weight is 329 g/mol. The molecule has 0 bridgehead atoms. The number of H-pyrrole nitrogens is 1. The number of methoxy groups -OCH3 is 1. The highest BCUT2D eigenvalue weighted by Crippen LogP contribution is 2.22. The summed E-state index contributed by atoms with van der Waals surface area (Å²) in [7, 11) is 1.42. The lowest BCUT2D eigenvalue weighted by molar-refractivity contribution is 0.0693. The van der Waals surface area contributed by atoms with Crippen LogP contribution in [0.2, 0.25) is 0 Å². The summed E-state index contributed by atoms with van der Waals surface area (Å²) in [4.78, 5) is 23.6. The molecule has 1 aromatic heterocycles. The number of fused-ring (bicyclic) bond motifs is 1. The molecular weight excluding hydrogens is 310 g/mol. The Hall–Kier alpha value is -2.83. The first kappa shape index (κ1) is 16.0. The Labute approximate surface area is 139 Å². The Balaban J connectivity index is 1.72. The van der Waals surface area contributed by atoms with E-state index in [2.05, 4.69) is 15.5 Å². The molecule has 7 nitrogen and oxygen atoms in total. The molecule has 1 heterocycles. The minimum Gasteiger partial charge on any atom is -0.496 e. The highest BCUT2D eigenvalue weighted by atomic mass is 16.5. The minimum atomic E-state index is -1.07. The fraction of sp³-hybridized carbons (Fsp3) is 0.353. The van der Waals surface area contributed by atoms with Crippen molar-refractivity contribution >= 4 is 11.9 Å². The lowest BCUT2D eigenvalue weighted by Crippen LogP contribution is -2.24. The predicted octanol–water partition coefficient (Wildman–Crippen LogP) is 1.93. The second-order valence-electron chi connectivity index (χ2n) is 5.76. The van der Waals surface area contributed by atoms with Crippen molar-refractivity contribution in [1.82, 2.24) is 15.5 Å². The van der Waals surface area contributed by atoms with Gasteiger partial charge in [0.15, 0.2) is 5.69 Å². The van der Waals surface area contributed by atoms with Gasteiger partial charge in [-0.3, -0.25) is 9.89 Å². The number of nitrogens with one attached hydrogen (secondary N) is 2. The third-order valence-electron chi connectivity index (χ3n) is 4.22. The molecule has 126 valence electrons. The zero-order valence-electron chi connectivity index (χ0n) is 13.4. The largest absolute Gasteiger partial charge is 0.496 e. The van der Waals surface area contributed by atoms with Gasteiger partial charge < -0.3 is 15.2 Å². The Kier molecular flexibility index (Phi) is 4.50. The van der Waals surface area contributed by atoms with Crippen molar-refractivity contribution in [2.24, 2.45) is 0 Å². The Bertz CT molecular complexity index is 782. The van der Waals surface area contributed by atoms with Crippen molar-refractivity contribution in [2.45, 2.75) is 32.2 Å². The number of aryl methyl sites for hydroxylation is 1. The number of aromatic nitrogens is 2. The van der Waals surface area contributed by atoms with Gasteiger partial charge in [-0.1, -0.05) is 6.07 Å². The van der Waals surface area contributed by atoms with Crippen molar-refractivity contribution in [3.63, 3.8) is 0 Å². The molecule has 0 radical (unpaired) electrons. The molecule has 1 amide bonds. The summed E-state index contributed by atoms with van der Waals surface area (Å²) in [5.41, 5.74) is 3.24. The summed E-state index contributed by atoms with van der Waals surface area (Å²) in [5, 5.41) is 19.1. The third kappa shape index (κ3) is 3.10. The van der Waals surface area contributed by atoms with Crippen LogP contribution in [0.4, 0.5) is 0 Å². The first-order valence-corrected chi connectivity index (χ1v) is 7.84. The fourth-order valence-corrected chi connectivity index (χ4v) is 2.97. The van der Waals surface area contributed by atoms with Crippen molar-refractivity contribution in [3.8, 4) is 5.75 Å². The van der Waals surface area contributed by atoms with Gasteiger partial charge in [-0.15, -0.1) is 0 Å². The molecule has 7 heteroatoms. The number of aromatic carboxylic acids is 1. The van der Waals surface area contributed by atoms with E-state index in [1.54, 1.807) is 12.1 Å². The van der Waals surface area contributed by atoms with E-state index in [4.69, 9.17) is 4.74 Å². The van der Waals surface area contributed by atoms with Crippen LogP contribution in [0, 0.1) is 0 Å². The number of hydrogen-bond acceptors (Lipinski definition) is 4. The summed E-state index contributed by atoms with van der Waals surface area (Å²) < 4.78 is 5.03. The average Bonchev–Trinajstić information content (AvgIpc) is 3.03. The molecule has 2 aromatic rings. The van der Waals surface area contributed by atoms with Gasteiger partial charge in [-0.25, -0.2) is 4.79 Å². The van der Waals surface area contributed by atoms with E-state index in [1.807, 2.05) is 0 Å². The van der Waals surface area contributed by atoms with Crippen LogP contribution in [0.15, 0.2) is 18.2 Å². The van der Waals surface area contributed by atoms with Crippen molar-refractivity contribution in [1.29, 1.82) is 0 Å². The van der Waals surface area contributed by atoms with E-state index in [1.165, 1.54) is 13.2 Å². The first-order valence-electron chi connectivity index (χ1n) is 7.84. The molecule has 0 unspecified atom stereocenters. The van der Waals surface area contributed by atoms with E-state index >= 15 is 0 Å². The number of amides is 1. The normalized spacial score (nSPS) is 13.2. The van der Waals surface area contributed by atoms with Crippen LogP contribution in [0.1, 0.15) is 50.5 Å². The van der Waals surface area contributed by atoms with Gasteiger partial charge in [-0.2, -0.15) is 5.10 Å². The van der Waals surface area contributed by atoms with E-state index in [0.29, 0.717) is 17.0 Å². The topological polar surface area (TPSA) is 104 Å². The molecule has 0 atom stereocenters. The lowest BCUT2D eigenvalue weighted by atomic mass is 9.96. The number of carboxylic acids is 1. The van der Waals surface area contributed by atoms with Crippen molar-refractivity contribution in [2.75, 3.05) is 7.11 Å². The molecule has 1 aliphatic carbocycles. The van der Waals surface area contributed by atoms with E-state index in [0.717, 1.165) is 36.9 Å². The molecule has 1 aliphatic rings. The number of carbonyl (C=O) groups is 2. The van der Waals surface area contributed by atoms with Gasteiger partial charge in [0.25, 0.3) is 5.91 Å². The summed E-state index contributed by atoms with van der Waals surface area (Å²) in [5.74, 6) is -1.03. The quantitative estimate of drug-likeness (QED) is 0.777. The number of benzene rings is 1. The second-order valence-corrected chi connectivity index (χ2v) is 5.76. The molecule has 3 rings (SSSR count). The van der Waals surface area contributed by atoms with Gasteiger partial charge in [0.1, 0.15) is 11.3 Å². The van der Waals surface area contributed by atoms with Crippen molar-refractivity contribution < 1.29 is 19.4 Å². The summed E-state index contributed by atoms with van der Waals surface area (Å²) in [6, 6.07) is 4.81. The zero-order valence-corrected chi connectivity index (χ0v) is 13.4. The maximum atomic E-state index is 12.4. The van der Waals surface area contributed by atoms with Crippen LogP contribution < -0.4 is 10.1 Å². The third-order valence-corrected chi connectivity index (χ3v) is 4.22. The Morgan fingerprint density at radius 1 is 1.33 bits per heavy atom. The smallest absolute Gasteiger partial charge is 0.339 e. The lowest BCUT2D eigenvalue weighted by Gasteiger charge is -2.11. The van der Waals surface area contributed by atoms with Gasteiger partial charge in [-0.05, 0) is 43.4 Å². The number of nitrogens with zero attached hydrogens (tertiary/aromatic N) is 1. The minimum absolute atomic E-state index is 0.0707. The van der Waals surface area contributed by atoms with Gasteiger partial charge in [0, 0.05) is 17.8 Å². The molecule has 1 aromatic carbocycles. The zero-order chi connectivity index (χ0) is 17.1. The molecule has 24 heavy (non-hydrogen) atoms. The molecule has 0 fully saturated rings. The molecule has 0 saturated heterocycles. The van der Waals surface area contributed by atoms with Gasteiger partial charge in [0.05, 0.1) is 7.11 Å². The predicted molar refractivity (Wildman–Crippen MR) is 86.4 cm³/mol. The monoisotopic (exact) mass is 329 g/mol. The van der Waals surface area contributed by atoms with E-state index < -0.39 is 5.97 Å². The number of hydrogen-bond donors (Lipinski definition) is 3. The Morgan fingerprint density at radius 2 is 2.12 bits per heavy atom. The summed E-state index contributed by atoms with van der Waals surface area (Å²) in [6.45, 7) is 0.227. The molecule has 0 aliphatic heterocycles. The highest BCUT2D eigenvalue weighted by molar-refractivity contribution is 5.94. The molecule has 0 saturated carbocycles. The van der Waals surface area contributed by atoms with Crippen LogP contribution in [-0.4, -0.2) is 34.3 Å². The molecule has 3 N–H and O–H groups in total. The highest BCUT2D eigenvalue weighted by Gasteiger charge is 2.21. The van der Waals surface area contributed by atoms with E-state index in [-0.39, 0.29) is 18.0 Å². The fourth-order valence-electron chi connectivity index (χ4n) is 2.97. The number of rotatable bonds is 5. The molecular formula is C17H19N3O4. The van der Waals surface area contributed by atoms with Crippen LogP contribution in [0.25, 0.3) is 0 Å². The van der Waals surface area contributed by atoms with Gasteiger partial charge in [0.2, 0.25) is 0 Å². The van der Waals surface area contributed by atoms with E-state index in [9.17, 15) is 14.7 Å². The molecule has 0 spiro atoms. The Morgan fingerprint density at radius 3 is 2.88 bits per heavy atom. The summed E-state index contributed by atoms with van der Waals surface area (Å²) >= 11 is 0. The van der Waals surface area contributed by atoms with Crippen molar-refractivity contribution in [3.05, 3.63) is 46.3 Å². The van der Waals surface area contributed by atoms with Gasteiger partial charge >= 0.3 is 5.97 Å². The van der Waals surface area contributed by atoms with Crippen LogP contribution in [-0.2, 0) is 19.4 Å². The standard InChI is InChI=1S/C17H19N3O4/c1-24-14-7-6-10(8-12(14)17(22)23)9-18-16(21)15-11-4-2-3-5-13(11)19-20-15/h6-8H,2-5,9H2,1H3,(H,18,21)(H,19,20)(H,22,23). The van der Waals surface area contributed by atoms with Crippen LogP contribution >= 0.6 is 0 Å². The van der Waals surface area contributed by atoms with Crippen LogP contribution in [0.5, 0.6) is 5.75 Å². The number of carboxylic acid groups (broad SMARTS) is 1. The maximum Gasteiger partial charge on any atom is 0.339 e. The second kappa shape index (κ2) is 6.74. The summed E-state index contributed by atoms with van der Waals surface area (Å²) in [6.07, 6.45) is 3.96. The number of aromatic amines is 1.